The third-order valence-electron chi connectivity index (χ3n) is 8.55. The number of anilines is 2. The number of hydrogen-bond donors (Lipinski definition) is 2. The summed E-state index contributed by atoms with van der Waals surface area (Å²) in [4.78, 5) is 18.0. The van der Waals surface area contributed by atoms with Gasteiger partial charge >= 0.3 is 0 Å². The molecule has 0 aliphatic carbocycles. The van der Waals surface area contributed by atoms with Crippen molar-refractivity contribution in [3.63, 3.8) is 0 Å². The molecule has 7 nitrogen and oxygen atoms in total. The summed E-state index contributed by atoms with van der Waals surface area (Å²) >= 11 is 0. The second kappa shape index (κ2) is 11.6. The summed E-state index contributed by atoms with van der Waals surface area (Å²) in [6.07, 6.45) is 12.9. The first-order valence-electron chi connectivity index (χ1n) is 14.4. The Labute approximate surface area is 236 Å². The van der Waals surface area contributed by atoms with Gasteiger partial charge in [-0.1, -0.05) is 6.07 Å². The molecule has 204 valence electrons. The van der Waals surface area contributed by atoms with E-state index < -0.39 is 0 Å². The zero-order valence-corrected chi connectivity index (χ0v) is 23.5. The summed E-state index contributed by atoms with van der Waals surface area (Å²) in [6, 6.07) is 15.5. The number of pyridine rings is 2. The maximum absolute atomic E-state index is 9.90. The summed E-state index contributed by atoms with van der Waals surface area (Å²) in [6.45, 7) is 9.79. The predicted octanol–water partition coefficient (Wildman–Crippen LogP) is 6.42. The van der Waals surface area contributed by atoms with E-state index in [-0.39, 0.29) is 0 Å². The van der Waals surface area contributed by atoms with Gasteiger partial charge in [0.1, 0.15) is 6.07 Å². The van der Waals surface area contributed by atoms with Gasteiger partial charge in [0.15, 0.2) is 0 Å². The molecule has 2 aliphatic heterocycles. The minimum absolute atomic E-state index is 0.512. The zero-order valence-electron chi connectivity index (χ0n) is 23.5. The molecule has 0 atom stereocenters. The van der Waals surface area contributed by atoms with E-state index in [1.807, 2.05) is 31.3 Å². The number of likely N-dealkylation sites (tertiary alicyclic amines) is 2. The number of aromatic amines is 1. The molecule has 0 amide bonds. The number of piperidine rings is 1. The van der Waals surface area contributed by atoms with E-state index in [0.29, 0.717) is 5.56 Å². The number of H-pyrrole nitrogens is 1. The molecule has 40 heavy (non-hydrogen) atoms. The number of aryl methyl sites for hydroxylation is 2. The van der Waals surface area contributed by atoms with Crippen LogP contribution in [0, 0.1) is 25.2 Å². The van der Waals surface area contributed by atoms with Crippen LogP contribution >= 0.6 is 0 Å². The normalized spacial score (nSPS) is 17.1. The van der Waals surface area contributed by atoms with Gasteiger partial charge in [0.25, 0.3) is 0 Å². The first-order valence-corrected chi connectivity index (χ1v) is 14.4. The molecule has 0 spiro atoms. The zero-order chi connectivity index (χ0) is 27.5. The molecule has 7 heteroatoms. The smallest absolute Gasteiger partial charge is 0.103 e. The first kappa shape index (κ1) is 26.2. The molecule has 2 N–H and O–H groups in total. The van der Waals surface area contributed by atoms with Crippen molar-refractivity contribution in [3.8, 4) is 6.07 Å². The lowest BCUT2D eigenvalue weighted by Gasteiger charge is -2.36. The maximum atomic E-state index is 9.90. The minimum Gasteiger partial charge on any atom is -0.361 e. The standard InChI is InChI=1S/C33H37N7/c1-23-29-12-15-35-32(29)11-10-31(23)38-33-25(20-34)21-36-24(2)30(33)9-8-26-6-5-7-27(37-26)22-39-18-13-28(14-19-39)40-16-3-4-17-40/h5-12,15,21,28,35H,3-4,13-14,16-19,22H2,1-2H3,(H,36,38)/b9-8+. The summed E-state index contributed by atoms with van der Waals surface area (Å²) in [5, 5.41) is 14.6. The van der Waals surface area contributed by atoms with E-state index >= 15 is 0 Å². The van der Waals surface area contributed by atoms with E-state index in [1.165, 1.54) is 38.8 Å². The third kappa shape index (κ3) is 5.51. The minimum atomic E-state index is 0.512. The molecule has 0 unspecified atom stereocenters. The molecular weight excluding hydrogens is 494 g/mol. The van der Waals surface area contributed by atoms with Crippen molar-refractivity contribution < 1.29 is 0 Å². The third-order valence-corrected chi connectivity index (χ3v) is 8.55. The molecule has 0 radical (unpaired) electrons. The first-order chi connectivity index (χ1) is 19.6. The number of rotatable bonds is 7. The van der Waals surface area contributed by atoms with Crippen LogP contribution in [0.4, 0.5) is 11.4 Å². The van der Waals surface area contributed by atoms with Gasteiger partial charge in [-0.15, -0.1) is 0 Å². The molecule has 2 saturated heterocycles. The Bertz CT molecular complexity index is 1560. The largest absolute Gasteiger partial charge is 0.361 e. The van der Waals surface area contributed by atoms with Crippen LogP contribution in [0.15, 0.2) is 48.8 Å². The van der Waals surface area contributed by atoms with Gasteiger partial charge < -0.3 is 15.2 Å². The van der Waals surface area contributed by atoms with Crippen molar-refractivity contribution in [2.45, 2.75) is 52.1 Å². The summed E-state index contributed by atoms with van der Waals surface area (Å²) in [5.41, 5.74) is 8.22. The maximum Gasteiger partial charge on any atom is 0.103 e. The second-order valence-corrected chi connectivity index (χ2v) is 11.1. The van der Waals surface area contributed by atoms with Crippen LogP contribution in [0.5, 0.6) is 0 Å². The van der Waals surface area contributed by atoms with Gasteiger partial charge in [-0.05, 0) is 101 Å². The molecule has 4 aromatic rings. The van der Waals surface area contributed by atoms with Crippen molar-refractivity contribution in [3.05, 3.63) is 82.6 Å². The summed E-state index contributed by atoms with van der Waals surface area (Å²) in [7, 11) is 0. The van der Waals surface area contributed by atoms with Gasteiger partial charge in [-0.25, -0.2) is 0 Å². The molecule has 3 aromatic heterocycles. The fourth-order valence-corrected chi connectivity index (χ4v) is 6.23. The van der Waals surface area contributed by atoms with Crippen molar-refractivity contribution in [2.75, 3.05) is 31.5 Å². The van der Waals surface area contributed by atoms with Crippen molar-refractivity contribution in [2.24, 2.45) is 0 Å². The summed E-state index contributed by atoms with van der Waals surface area (Å²) in [5.74, 6) is 0. The number of hydrogen-bond acceptors (Lipinski definition) is 6. The van der Waals surface area contributed by atoms with Crippen molar-refractivity contribution >= 4 is 34.4 Å². The topological polar surface area (TPSA) is 83.9 Å². The lowest BCUT2D eigenvalue weighted by molar-refractivity contribution is 0.122. The highest BCUT2D eigenvalue weighted by Crippen LogP contribution is 2.32. The monoisotopic (exact) mass is 531 g/mol. The van der Waals surface area contributed by atoms with Crippen LogP contribution < -0.4 is 5.32 Å². The lowest BCUT2D eigenvalue weighted by atomic mass is 10.0. The van der Waals surface area contributed by atoms with Crippen LogP contribution in [0.1, 0.15) is 59.5 Å². The average molecular weight is 532 g/mol. The Morgan fingerprint density at radius 1 is 1.05 bits per heavy atom. The highest BCUT2D eigenvalue weighted by atomic mass is 15.2. The fourth-order valence-electron chi connectivity index (χ4n) is 6.23. The number of benzene rings is 1. The van der Waals surface area contributed by atoms with Crippen molar-refractivity contribution in [1.82, 2.24) is 24.8 Å². The van der Waals surface area contributed by atoms with Gasteiger partial charge in [0.2, 0.25) is 0 Å². The number of nitrogens with one attached hydrogen (secondary N) is 2. The Hall–Kier alpha value is -3.99. The van der Waals surface area contributed by atoms with Gasteiger partial charge in [0.05, 0.1) is 22.6 Å². The van der Waals surface area contributed by atoms with Crippen LogP contribution in [0.2, 0.25) is 0 Å². The molecule has 0 saturated carbocycles. The van der Waals surface area contributed by atoms with E-state index in [1.54, 1.807) is 6.20 Å². The number of aromatic nitrogens is 3. The van der Waals surface area contributed by atoms with Gasteiger partial charge in [0, 0.05) is 65.9 Å². The molecular formula is C33H37N7. The fraction of sp³-hybridized carbons (Fsp3) is 0.364. The van der Waals surface area contributed by atoms with Crippen LogP contribution in [0.25, 0.3) is 23.1 Å². The number of nitrogens with zero attached hydrogens (tertiary/aromatic N) is 5. The quantitative estimate of drug-likeness (QED) is 0.286. The highest BCUT2D eigenvalue weighted by Gasteiger charge is 2.26. The van der Waals surface area contributed by atoms with Crippen LogP contribution in [0.3, 0.4) is 0 Å². The number of nitriles is 1. The van der Waals surface area contributed by atoms with E-state index in [0.717, 1.165) is 76.2 Å². The predicted molar refractivity (Wildman–Crippen MR) is 162 cm³/mol. The van der Waals surface area contributed by atoms with Gasteiger partial charge in [-0.2, -0.15) is 5.26 Å². The molecule has 2 fully saturated rings. The van der Waals surface area contributed by atoms with E-state index in [9.17, 15) is 5.26 Å². The molecule has 6 rings (SSSR count). The van der Waals surface area contributed by atoms with Crippen LogP contribution in [-0.2, 0) is 6.54 Å². The van der Waals surface area contributed by atoms with E-state index in [4.69, 9.17) is 4.98 Å². The molecule has 5 heterocycles. The SMILES string of the molecule is Cc1ncc(C#N)c(Nc2ccc3[nH]ccc3c2C)c1/C=C/c1cccc(CN2CCC(N3CCCC3)CC2)n1. The molecule has 1 aromatic carbocycles. The summed E-state index contributed by atoms with van der Waals surface area (Å²) < 4.78 is 0. The lowest BCUT2D eigenvalue weighted by Crippen LogP contribution is -2.43. The highest BCUT2D eigenvalue weighted by molar-refractivity contribution is 5.90. The molecule has 2 aliphatic rings. The van der Waals surface area contributed by atoms with Crippen LogP contribution in [-0.4, -0.2) is 57.0 Å². The average Bonchev–Trinajstić information content (AvgIpc) is 3.68. The number of fused-ring (bicyclic) bond motifs is 1. The second-order valence-electron chi connectivity index (χ2n) is 11.1. The Balaban J connectivity index is 1.20. The Morgan fingerprint density at radius 3 is 2.67 bits per heavy atom. The Kier molecular flexibility index (Phi) is 7.63. The Morgan fingerprint density at radius 2 is 1.88 bits per heavy atom. The molecule has 0 bridgehead atoms. The van der Waals surface area contributed by atoms with Crippen molar-refractivity contribution in [1.29, 1.82) is 5.26 Å². The van der Waals surface area contributed by atoms with E-state index in [2.05, 4.69) is 68.4 Å². The van der Waals surface area contributed by atoms with Gasteiger partial charge in [-0.3, -0.25) is 14.9 Å².